The third-order valence-electron chi connectivity index (χ3n) is 5.01. The van der Waals surface area contributed by atoms with Crippen molar-refractivity contribution < 1.29 is 79.4 Å². The second-order valence-electron chi connectivity index (χ2n) is 9.60. The average molecular weight is 716 g/mol. The van der Waals surface area contributed by atoms with E-state index in [1.165, 1.54) is 13.0 Å². The van der Waals surface area contributed by atoms with E-state index < -0.39 is 5.97 Å². The van der Waals surface area contributed by atoms with E-state index in [2.05, 4.69) is 25.2 Å². The number of esters is 1. The molecule has 0 fully saturated rings. The van der Waals surface area contributed by atoms with Crippen molar-refractivity contribution in [3.63, 3.8) is 0 Å². The first-order valence-corrected chi connectivity index (χ1v) is 16.7. The number of aliphatic hydroxyl groups is 2. The number of hydrogen-bond donors (Lipinski definition) is 2. The summed E-state index contributed by atoms with van der Waals surface area (Å²) in [5, 5.41) is 17.0. The molecule has 0 spiro atoms. The number of rotatable bonds is 33. The van der Waals surface area contributed by atoms with Crippen molar-refractivity contribution in [3.05, 3.63) is 31.4 Å². The van der Waals surface area contributed by atoms with Gasteiger partial charge in [-0.15, -0.1) is 0 Å². The van der Waals surface area contributed by atoms with Crippen LogP contribution in [0.15, 0.2) is 24.5 Å². The van der Waals surface area contributed by atoms with Crippen molar-refractivity contribution in [2.24, 2.45) is 0 Å². The summed E-state index contributed by atoms with van der Waals surface area (Å²) in [5.41, 5.74) is 0. The number of allylic oxidation sites excluding steroid dienone is 1. The number of carbonyl (C=O) groups is 1. The number of hydrogen-bond acceptors (Lipinski definition) is 12. The zero-order valence-electron chi connectivity index (χ0n) is 29.7. The fourth-order valence-corrected chi connectivity index (χ4v) is 2.91. The Hall–Kier alpha value is -0.896. The Balaban J connectivity index is -0.000000335. The summed E-state index contributed by atoms with van der Waals surface area (Å²) in [6.45, 7) is 23.5. The van der Waals surface area contributed by atoms with E-state index in [4.69, 9.17) is 48.1 Å². The van der Waals surface area contributed by atoms with Gasteiger partial charge in [0.15, 0.2) is 0 Å². The van der Waals surface area contributed by atoms with Gasteiger partial charge in [-0.1, -0.05) is 19.6 Å². The Kier molecular flexibility index (Phi) is 58.5. The van der Waals surface area contributed by atoms with E-state index in [1.54, 1.807) is 0 Å². The van der Waals surface area contributed by atoms with Gasteiger partial charge in [0.1, 0.15) is 13.4 Å². The molecule has 0 aromatic rings. The zero-order chi connectivity index (χ0) is 34.6. The summed E-state index contributed by atoms with van der Waals surface area (Å²) in [4.78, 5) is 10.5. The molecule has 0 saturated heterocycles. The summed E-state index contributed by atoms with van der Waals surface area (Å²) in [5.74, 6) is -0.617. The second-order valence-corrected chi connectivity index (χ2v) is 9.60. The standard InChI is InChI=1S/C18H38O6.C9H19O3.C7H10O3.Ti/c1-3-9-20-11-6-13-22-15-8-17-24-18-23-16-7-14-21-12-5-10-19-4-2;1-2-6-11-8-4-9-12-7-3-5-10;1-3-4-10-7(9)5-6(2)8;/h3-18H2,1-2H3;10H,1-9H2;3,5,8H,1,4H2,2H3;/q;-1;;. The van der Waals surface area contributed by atoms with Gasteiger partial charge in [0.25, 0.3) is 0 Å². The molecule has 0 amide bonds. The van der Waals surface area contributed by atoms with Crippen LogP contribution in [-0.4, -0.2) is 129 Å². The van der Waals surface area contributed by atoms with E-state index in [1.807, 2.05) is 6.92 Å². The molecular weight excluding hydrogens is 648 g/mol. The molecule has 280 valence electrons. The van der Waals surface area contributed by atoms with Crippen LogP contribution in [-0.2, 0) is 69.1 Å². The van der Waals surface area contributed by atoms with E-state index in [0.29, 0.717) is 26.6 Å². The Labute approximate surface area is 300 Å². The minimum absolute atomic E-state index is 0. The molecule has 12 nitrogen and oxygen atoms in total. The molecule has 0 bridgehead atoms. The van der Waals surface area contributed by atoms with Crippen LogP contribution in [0.3, 0.4) is 0 Å². The van der Waals surface area contributed by atoms with Crippen LogP contribution < -0.4 is 0 Å². The fourth-order valence-electron chi connectivity index (χ4n) is 2.91. The molecule has 0 aromatic carbocycles. The Bertz CT molecular complexity index is 576. The van der Waals surface area contributed by atoms with Gasteiger partial charge in [-0.05, 0) is 58.8 Å². The van der Waals surface area contributed by atoms with Gasteiger partial charge in [-0.2, -0.15) is 6.42 Å². The molecule has 13 heteroatoms. The smallest absolute Gasteiger partial charge is 0.334 e. The molecular formula is C34H67O12Ti-. The Morgan fingerprint density at radius 1 is 0.660 bits per heavy atom. The molecule has 0 aromatic heterocycles. The van der Waals surface area contributed by atoms with Crippen molar-refractivity contribution in [2.75, 3.05) is 113 Å². The molecule has 0 atom stereocenters. The normalized spacial score (nSPS) is 10.7. The maximum atomic E-state index is 10.5. The van der Waals surface area contributed by atoms with Gasteiger partial charge >= 0.3 is 5.97 Å². The van der Waals surface area contributed by atoms with Crippen molar-refractivity contribution in [1.29, 1.82) is 0 Å². The van der Waals surface area contributed by atoms with E-state index in [9.17, 15) is 4.79 Å². The van der Waals surface area contributed by atoms with Gasteiger partial charge in [0, 0.05) is 108 Å². The van der Waals surface area contributed by atoms with Crippen LogP contribution in [0.2, 0.25) is 0 Å². The average Bonchev–Trinajstić information content (AvgIpc) is 3.04. The van der Waals surface area contributed by atoms with Gasteiger partial charge in [-0.25, -0.2) is 4.79 Å². The number of aliphatic hydroxyl groups excluding tert-OH is 2. The predicted molar refractivity (Wildman–Crippen MR) is 180 cm³/mol. The predicted octanol–water partition coefficient (Wildman–Crippen LogP) is 5.22. The summed E-state index contributed by atoms with van der Waals surface area (Å²) < 4.78 is 47.2. The quantitative estimate of drug-likeness (QED) is 0.0135. The molecule has 0 saturated carbocycles. The van der Waals surface area contributed by atoms with Crippen LogP contribution in [0, 0.1) is 6.92 Å². The van der Waals surface area contributed by atoms with Crippen LogP contribution in [0.5, 0.6) is 0 Å². The summed E-state index contributed by atoms with van der Waals surface area (Å²) in [6.07, 6.45) is 9.69. The van der Waals surface area contributed by atoms with Crippen LogP contribution in [0.4, 0.5) is 0 Å². The molecule has 0 aliphatic heterocycles. The van der Waals surface area contributed by atoms with Crippen molar-refractivity contribution in [2.45, 2.75) is 72.1 Å². The molecule has 0 heterocycles. The van der Waals surface area contributed by atoms with Gasteiger partial charge in [-0.3, -0.25) is 0 Å². The van der Waals surface area contributed by atoms with Crippen LogP contribution >= 0.6 is 0 Å². The van der Waals surface area contributed by atoms with Gasteiger partial charge in [0.2, 0.25) is 0 Å². The van der Waals surface area contributed by atoms with Crippen molar-refractivity contribution in [1.82, 2.24) is 0 Å². The molecule has 47 heavy (non-hydrogen) atoms. The van der Waals surface area contributed by atoms with Crippen molar-refractivity contribution in [3.8, 4) is 0 Å². The minimum Gasteiger partial charge on any atom is -0.512 e. The zero-order valence-corrected chi connectivity index (χ0v) is 31.3. The third kappa shape index (κ3) is 60.9. The first-order valence-electron chi connectivity index (χ1n) is 16.7. The molecule has 0 aliphatic rings. The Morgan fingerprint density at radius 3 is 1.45 bits per heavy atom. The molecule has 0 aliphatic carbocycles. The summed E-state index contributed by atoms with van der Waals surface area (Å²) in [7, 11) is 0. The third-order valence-corrected chi connectivity index (χ3v) is 5.01. The van der Waals surface area contributed by atoms with E-state index in [0.717, 1.165) is 130 Å². The van der Waals surface area contributed by atoms with Gasteiger partial charge in [0.05, 0.1) is 25.0 Å². The first-order chi connectivity index (χ1) is 22.5. The largest absolute Gasteiger partial charge is 0.512 e. The van der Waals surface area contributed by atoms with Gasteiger partial charge < -0.3 is 59.8 Å². The Morgan fingerprint density at radius 2 is 1.06 bits per heavy atom. The molecule has 2 N–H and O–H groups in total. The van der Waals surface area contributed by atoms with Crippen LogP contribution in [0.1, 0.15) is 72.1 Å². The molecule has 0 radical (unpaired) electrons. The van der Waals surface area contributed by atoms with Crippen molar-refractivity contribution >= 4 is 5.97 Å². The summed E-state index contributed by atoms with van der Waals surface area (Å²) in [6, 6.07) is 0. The summed E-state index contributed by atoms with van der Waals surface area (Å²) >= 11 is 0. The second kappa shape index (κ2) is 51.9. The minimum atomic E-state index is -0.556. The van der Waals surface area contributed by atoms with Crippen LogP contribution in [0.25, 0.3) is 0 Å². The fraction of sp³-hybridized carbons (Fsp3) is 0.824. The molecule has 0 rings (SSSR count). The van der Waals surface area contributed by atoms with E-state index in [-0.39, 0.29) is 40.7 Å². The molecule has 0 unspecified atom stereocenters. The SMILES string of the molecule is C=CCOC(=O)C=C(C)O.CCCOCCCOCCCOCOCCCOCCCOCC.[CH2-]CCOCCCOCCCO.[Ti]. The maximum Gasteiger partial charge on any atom is 0.334 e. The first kappa shape index (κ1) is 52.9. The van der Waals surface area contributed by atoms with E-state index >= 15 is 0 Å². The number of carbonyl (C=O) groups excluding carboxylic acids is 1. The monoisotopic (exact) mass is 715 g/mol. The topological polar surface area (TPSA) is 141 Å². The number of ether oxygens (including phenoxy) is 9. The maximum absolute atomic E-state index is 10.5.